The molecule has 0 aliphatic rings. The molecule has 0 radical (unpaired) electrons. The first-order valence-electron chi connectivity index (χ1n) is 24.6. The molecular formula is C63H44N12. The van der Waals surface area contributed by atoms with Gasteiger partial charge in [0.05, 0.1) is 28.6 Å². The number of hydrogen-bond acceptors (Lipinski definition) is 8. The fourth-order valence-corrected chi connectivity index (χ4v) is 9.92. The Balaban J connectivity index is 0.891. The van der Waals surface area contributed by atoms with Gasteiger partial charge in [0, 0.05) is 117 Å². The van der Waals surface area contributed by atoms with Gasteiger partial charge in [0.15, 0.2) is 23.3 Å². The summed E-state index contributed by atoms with van der Waals surface area (Å²) in [4.78, 5) is 42.0. The fourth-order valence-electron chi connectivity index (χ4n) is 9.92. The summed E-state index contributed by atoms with van der Waals surface area (Å²) in [6.45, 7) is 0.446. The van der Waals surface area contributed by atoms with Crippen molar-refractivity contribution in [2.75, 3.05) is 7.05 Å². The van der Waals surface area contributed by atoms with E-state index >= 15 is 0 Å². The van der Waals surface area contributed by atoms with Gasteiger partial charge < -0.3 is 14.5 Å². The van der Waals surface area contributed by atoms with Gasteiger partial charge >= 0.3 is 0 Å². The van der Waals surface area contributed by atoms with Crippen molar-refractivity contribution >= 4 is 55.3 Å². The van der Waals surface area contributed by atoms with Crippen molar-refractivity contribution in [3.05, 3.63) is 248 Å². The standard InChI is InChI=1S/C63H44N12/c1-64-59(42-22-30-66-31-23-42)70-60(69-40-41-20-28-65-29-21-41)47-8-6-10-49(36-47)74-55-14-4-2-12-51(55)53-38-45(16-18-57(53)74)46-17-19-58-54(39-46)52-13-3-5-15-56(52)75(58)50-11-7-9-48(37-50)63-72-61(43-24-32-67-33-25-43)71-62(73-63)44-26-34-68-35-27-44/h2-39H,40H2,1H3,(H,64,69,70). The molecule has 12 nitrogen and oxygen atoms in total. The molecule has 0 saturated heterocycles. The summed E-state index contributed by atoms with van der Waals surface area (Å²) in [7, 11) is 1.87. The van der Waals surface area contributed by atoms with E-state index in [1.807, 2.05) is 55.6 Å². The highest BCUT2D eigenvalue weighted by atomic mass is 15.0. The highest BCUT2D eigenvalue weighted by molar-refractivity contribution is 6.14. The molecular weight excluding hydrogens is 925 g/mol. The molecule has 0 bridgehead atoms. The maximum atomic E-state index is 5.13. The Hall–Kier alpha value is -10.3. The molecule has 7 aromatic heterocycles. The fraction of sp³-hybridized carbons (Fsp3) is 0.0317. The van der Waals surface area contributed by atoms with Gasteiger partial charge in [-0.05, 0) is 126 Å². The second kappa shape index (κ2) is 19.4. The van der Waals surface area contributed by atoms with E-state index in [4.69, 9.17) is 24.9 Å². The molecule has 0 aliphatic carbocycles. The van der Waals surface area contributed by atoms with Gasteiger partial charge in [0.25, 0.3) is 0 Å². The van der Waals surface area contributed by atoms with E-state index in [0.29, 0.717) is 35.7 Å². The number of fused-ring (bicyclic) bond motifs is 6. The summed E-state index contributed by atoms with van der Waals surface area (Å²) in [6.07, 6.45) is 14.1. The first kappa shape index (κ1) is 44.6. The van der Waals surface area contributed by atoms with Crippen LogP contribution in [0.1, 0.15) is 16.7 Å². The van der Waals surface area contributed by atoms with Crippen LogP contribution in [0.4, 0.5) is 0 Å². The first-order valence-corrected chi connectivity index (χ1v) is 24.6. The highest BCUT2D eigenvalue weighted by Crippen LogP contribution is 2.39. The van der Waals surface area contributed by atoms with Gasteiger partial charge in [-0.2, -0.15) is 0 Å². The summed E-state index contributed by atoms with van der Waals surface area (Å²) in [5.41, 5.74) is 14.1. The number of hydrogen-bond donors (Lipinski definition) is 1. The van der Waals surface area contributed by atoms with Crippen LogP contribution in [0, 0.1) is 0 Å². The Bertz CT molecular complexity index is 4240. The van der Waals surface area contributed by atoms with Crippen LogP contribution in [-0.4, -0.2) is 62.7 Å². The molecule has 0 fully saturated rings. The lowest BCUT2D eigenvalue weighted by Gasteiger charge is -2.12. The minimum atomic E-state index is 0.446. The summed E-state index contributed by atoms with van der Waals surface area (Å²) in [5.74, 6) is 3.01. The van der Waals surface area contributed by atoms with E-state index in [0.717, 1.165) is 99.5 Å². The van der Waals surface area contributed by atoms with E-state index in [-0.39, 0.29) is 0 Å². The average Bonchev–Trinajstić information content (AvgIpc) is 4.01. The van der Waals surface area contributed by atoms with Crippen LogP contribution < -0.4 is 5.32 Å². The van der Waals surface area contributed by atoms with E-state index in [2.05, 4.69) is 168 Å². The topological polar surface area (TPSA) is 137 Å². The van der Waals surface area contributed by atoms with E-state index in [1.54, 1.807) is 49.6 Å². The van der Waals surface area contributed by atoms with E-state index in [1.165, 1.54) is 0 Å². The van der Waals surface area contributed by atoms with Crippen molar-refractivity contribution in [1.29, 1.82) is 0 Å². The van der Waals surface area contributed by atoms with Gasteiger partial charge in [0.1, 0.15) is 5.84 Å². The van der Waals surface area contributed by atoms with Gasteiger partial charge in [-0.15, -0.1) is 0 Å². The Labute approximate surface area is 431 Å². The number of nitrogens with one attached hydrogen (secondary N) is 1. The lowest BCUT2D eigenvalue weighted by Crippen LogP contribution is -2.21. The molecule has 1 N–H and O–H groups in total. The smallest absolute Gasteiger partial charge is 0.164 e. The van der Waals surface area contributed by atoms with E-state index in [9.17, 15) is 0 Å². The number of amidine groups is 2. The molecule has 0 saturated carbocycles. The third-order valence-corrected chi connectivity index (χ3v) is 13.5. The zero-order valence-corrected chi connectivity index (χ0v) is 40.6. The predicted molar refractivity (Wildman–Crippen MR) is 300 cm³/mol. The van der Waals surface area contributed by atoms with Crippen LogP contribution in [0.5, 0.6) is 0 Å². The van der Waals surface area contributed by atoms with Gasteiger partial charge in [-0.3, -0.25) is 24.9 Å². The quantitative estimate of drug-likeness (QED) is 0.106. The van der Waals surface area contributed by atoms with Crippen LogP contribution in [0.15, 0.2) is 242 Å². The minimum absolute atomic E-state index is 0.446. The Morgan fingerprint density at radius 1 is 0.400 bits per heavy atom. The third-order valence-electron chi connectivity index (χ3n) is 13.5. The summed E-state index contributed by atoms with van der Waals surface area (Å²) < 4.78 is 4.67. The number of para-hydroxylation sites is 2. The predicted octanol–water partition coefficient (Wildman–Crippen LogP) is 12.9. The lowest BCUT2D eigenvalue weighted by atomic mass is 10.0. The van der Waals surface area contributed by atoms with Crippen LogP contribution in [0.2, 0.25) is 0 Å². The molecule has 0 spiro atoms. The zero-order valence-electron chi connectivity index (χ0n) is 40.6. The van der Waals surface area contributed by atoms with Crippen LogP contribution in [0.25, 0.3) is 100 Å². The Morgan fingerprint density at radius 3 is 1.44 bits per heavy atom. The average molecular weight is 969 g/mol. The molecule has 356 valence electrons. The van der Waals surface area contributed by atoms with Gasteiger partial charge in [0.2, 0.25) is 0 Å². The van der Waals surface area contributed by atoms with Crippen molar-refractivity contribution in [3.63, 3.8) is 0 Å². The van der Waals surface area contributed by atoms with Crippen molar-refractivity contribution in [1.82, 2.24) is 49.3 Å². The highest BCUT2D eigenvalue weighted by Gasteiger charge is 2.19. The second-order valence-corrected chi connectivity index (χ2v) is 18.0. The van der Waals surface area contributed by atoms with E-state index < -0.39 is 0 Å². The maximum Gasteiger partial charge on any atom is 0.164 e. The molecule has 7 heterocycles. The molecule has 75 heavy (non-hydrogen) atoms. The summed E-state index contributed by atoms with van der Waals surface area (Å²) in [5, 5.41) is 7.92. The summed E-state index contributed by atoms with van der Waals surface area (Å²) in [6, 6.07) is 63.2. The maximum absolute atomic E-state index is 5.13. The number of rotatable bonds is 10. The van der Waals surface area contributed by atoms with Crippen LogP contribution in [0.3, 0.4) is 0 Å². The van der Waals surface area contributed by atoms with Crippen LogP contribution >= 0.6 is 0 Å². The number of nitrogens with zero attached hydrogens (tertiary/aromatic N) is 11. The molecule has 12 heteroatoms. The molecule has 13 aromatic rings. The van der Waals surface area contributed by atoms with Crippen molar-refractivity contribution in [2.24, 2.45) is 9.98 Å². The molecule has 0 aliphatic heterocycles. The largest absolute Gasteiger partial charge is 0.373 e. The number of aromatic nitrogens is 9. The summed E-state index contributed by atoms with van der Waals surface area (Å²) >= 11 is 0. The van der Waals surface area contributed by atoms with Gasteiger partial charge in [-0.25, -0.2) is 19.9 Å². The normalized spacial score (nSPS) is 12.0. The van der Waals surface area contributed by atoms with Gasteiger partial charge in [-0.1, -0.05) is 72.8 Å². The minimum Gasteiger partial charge on any atom is -0.373 e. The van der Waals surface area contributed by atoms with Crippen LogP contribution in [-0.2, 0) is 6.54 Å². The number of aliphatic imine (C=N–C) groups is 2. The number of benzene rings is 6. The monoisotopic (exact) mass is 968 g/mol. The lowest BCUT2D eigenvalue weighted by molar-refractivity contribution is 1.05. The first-order chi connectivity index (χ1) is 37.1. The molecule has 0 atom stereocenters. The third kappa shape index (κ3) is 8.51. The molecule has 13 rings (SSSR count). The Kier molecular flexibility index (Phi) is 11.5. The van der Waals surface area contributed by atoms with Crippen molar-refractivity contribution < 1.29 is 0 Å². The Morgan fingerprint density at radius 2 is 0.880 bits per heavy atom. The number of pyridine rings is 4. The SMILES string of the molecule is CN/C(=N\C(=N/Cc1ccncc1)c1cccc(-n2c3ccccc3c3cc(-c4ccc5c(c4)c4ccccc4n5-c4cccc(-c5nc(-c6ccncc6)nc(-c6ccncc6)n5)c4)ccc32)c1)c1ccncc1. The second-order valence-electron chi connectivity index (χ2n) is 18.0. The molecule has 0 amide bonds. The molecule has 0 unspecified atom stereocenters. The van der Waals surface area contributed by atoms with Crippen molar-refractivity contribution in [3.8, 4) is 56.7 Å². The zero-order chi connectivity index (χ0) is 50.1. The molecule has 6 aromatic carbocycles. The van der Waals surface area contributed by atoms with Crippen molar-refractivity contribution in [2.45, 2.75) is 6.54 Å².